The number of hydrogen-bond donors (Lipinski definition) is 3. The molecule has 0 aliphatic carbocycles. The van der Waals surface area contributed by atoms with Gasteiger partial charge >= 0.3 is 5.97 Å². The van der Waals surface area contributed by atoms with E-state index >= 15 is 0 Å². The number of nitrogens with one attached hydrogen (secondary N) is 2. The Morgan fingerprint density at radius 3 is 3.05 bits per heavy atom. The fourth-order valence-corrected chi connectivity index (χ4v) is 2.90. The molecule has 104 valence electrons. The number of thiazole rings is 1. The Hall–Kier alpha value is -1.47. The Bertz CT molecular complexity index is 469. The molecule has 7 heteroatoms. The van der Waals surface area contributed by atoms with Crippen molar-refractivity contribution in [2.45, 2.75) is 25.8 Å². The van der Waals surface area contributed by atoms with Crippen LogP contribution in [0.3, 0.4) is 0 Å². The van der Waals surface area contributed by atoms with E-state index in [0.717, 1.165) is 19.5 Å². The van der Waals surface area contributed by atoms with E-state index in [0.29, 0.717) is 17.3 Å². The van der Waals surface area contributed by atoms with Gasteiger partial charge < -0.3 is 15.7 Å². The van der Waals surface area contributed by atoms with Crippen molar-refractivity contribution >= 4 is 23.2 Å². The maximum atomic E-state index is 11.8. The number of hydrogen-bond acceptors (Lipinski definition) is 5. The number of amides is 1. The van der Waals surface area contributed by atoms with E-state index in [9.17, 15) is 9.59 Å². The third kappa shape index (κ3) is 3.74. The third-order valence-corrected chi connectivity index (χ3v) is 4.15. The SMILES string of the molecule is CC(NC(=O)CC1CCNC1)c1nc(C(=O)O)cs1. The van der Waals surface area contributed by atoms with Gasteiger partial charge in [-0.2, -0.15) is 0 Å². The number of aromatic carboxylic acids is 1. The molecule has 0 saturated carbocycles. The van der Waals surface area contributed by atoms with Gasteiger partial charge in [0.25, 0.3) is 0 Å². The van der Waals surface area contributed by atoms with Crippen LogP contribution in [0.1, 0.15) is 41.3 Å². The lowest BCUT2D eigenvalue weighted by atomic mass is 10.0. The van der Waals surface area contributed by atoms with Crippen molar-refractivity contribution in [1.29, 1.82) is 0 Å². The summed E-state index contributed by atoms with van der Waals surface area (Å²) in [6, 6.07) is -0.250. The first-order valence-corrected chi connectivity index (χ1v) is 7.13. The zero-order valence-corrected chi connectivity index (χ0v) is 11.5. The lowest BCUT2D eigenvalue weighted by Gasteiger charge is -2.13. The molecule has 1 aliphatic rings. The van der Waals surface area contributed by atoms with E-state index in [1.165, 1.54) is 16.7 Å². The Labute approximate surface area is 115 Å². The van der Waals surface area contributed by atoms with Gasteiger partial charge in [0, 0.05) is 11.8 Å². The molecule has 1 aliphatic heterocycles. The molecule has 2 heterocycles. The largest absolute Gasteiger partial charge is 0.476 e. The highest BCUT2D eigenvalue weighted by Gasteiger charge is 2.20. The van der Waals surface area contributed by atoms with Crippen LogP contribution in [-0.4, -0.2) is 35.1 Å². The number of carbonyl (C=O) groups is 2. The van der Waals surface area contributed by atoms with Gasteiger partial charge in [0.2, 0.25) is 5.91 Å². The highest BCUT2D eigenvalue weighted by molar-refractivity contribution is 7.09. The van der Waals surface area contributed by atoms with Crippen LogP contribution in [0.15, 0.2) is 5.38 Å². The van der Waals surface area contributed by atoms with Crippen LogP contribution in [0.4, 0.5) is 0 Å². The van der Waals surface area contributed by atoms with Crippen LogP contribution in [0.5, 0.6) is 0 Å². The molecule has 1 amide bonds. The molecule has 6 nitrogen and oxygen atoms in total. The van der Waals surface area contributed by atoms with Crippen molar-refractivity contribution in [2.24, 2.45) is 5.92 Å². The normalized spacial score (nSPS) is 20.2. The fourth-order valence-electron chi connectivity index (χ4n) is 2.10. The second kappa shape index (κ2) is 6.12. The van der Waals surface area contributed by atoms with Crippen LogP contribution in [-0.2, 0) is 4.79 Å². The predicted octanol–water partition coefficient (Wildman–Crippen LogP) is 1.02. The Morgan fingerprint density at radius 1 is 1.68 bits per heavy atom. The summed E-state index contributed by atoms with van der Waals surface area (Å²) in [6.45, 7) is 3.68. The second-order valence-corrected chi connectivity index (χ2v) is 5.62. The minimum Gasteiger partial charge on any atom is -0.476 e. The minimum absolute atomic E-state index is 0.00623. The number of carbonyl (C=O) groups excluding carboxylic acids is 1. The molecule has 0 radical (unpaired) electrons. The molecule has 2 unspecified atom stereocenters. The number of rotatable bonds is 5. The third-order valence-electron chi connectivity index (χ3n) is 3.13. The Balaban J connectivity index is 1.86. The maximum absolute atomic E-state index is 11.8. The topological polar surface area (TPSA) is 91.3 Å². The van der Waals surface area contributed by atoms with E-state index in [1.807, 2.05) is 6.92 Å². The molecule has 0 bridgehead atoms. The number of aromatic nitrogens is 1. The van der Waals surface area contributed by atoms with Gasteiger partial charge in [0.1, 0.15) is 5.01 Å². The highest BCUT2D eigenvalue weighted by Crippen LogP contribution is 2.19. The number of carboxylic acids is 1. The Kier molecular flexibility index (Phi) is 4.49. The summed E-state index contributed by atoms with van der Waals surface area (Å²) in [5.74, 6) is -0.649. The minimum atomic E-state index is -1.04. The van der Waals surface area contributed by atoms with Crippen molar-refractivity contribution in [1.82, 2.24) is 15.6 Å². The molecule has 0 spiro atoms. The van der Waals surface area contributed by atoms with Crippen LogP contribution in [0.25, 0.3) is 0 Å². The summed E-state index contributed by atoms with van der Waals surface area (Å²) >= 11 is 1.25. The van der Waals surface area contributed by atoms with Crippen LogP contribution in [0.2, 0.25) is 0 Å². The molecule has 1 aromatic rings. The summed E-state index contributed by atoms with van der Waals surface area (Å²) in [5, 5.41) is 17.0. The fraction of sp³-hybridized carbons (Fsp3) is 0.583. The molecule has 0 aromatic carbocycles. The zero-order chi connectivity index (χ0) is 13.8. The zero-order valence-electron chi connectivity index (χ0n) is 10.7. The van der Waals surface area contributed by atoms with E-state index in [4.69, 9.17) is 5.11 Å². The molecule has 2 atom stereocenters. The predicted molar refractivity (Wildman–Crippen MR) is 71.2 cm³/mol. The molecule has 2 rings (SSSR count). The molecular weight excluding hydrogens is 266 g/mol. The first kappa shape index (κ1) is 14.0. The maximum Gasteiger partial charge on any atom is 0.355 e. The summed E-state index contributed by atoms with van der Waals surface area (Å²) in [5.41, 5.74) is 0.0288. The lowest BCUT2D eigenvalue weighted by Crippen LogP contribution is -2.28. The summed E-state index contributed by atoms with van der Waals surface area (Å²) in [7, 11) is 0. The first-order chi connectivity index (χ1) is 9.06. The van der Waals surface area contributed by atoms with E-state index < -0.39 is 5.97 Å². The molecule has 3 N–H and O–H groups in total. The van der Waals surface area contributed by atoms with Crippen LogP contribution in [0, 0.1) is 5.92 Å². The van der Waals surface area contributed by atoms with Crippen molar-refractivity contribution in [3.05, 3.63) is 16.1 Å². The molecule has 1 aromatic heterocycles. The van der Waals surface area contributed by atoms with Gasteiger partial charge in [0.15, 0.2) is 5.69 Å². The standard InChI is InChI=1S/C12H17N3O3S/c1-7(11-15-9(6-19-11)12(17)18)14-10(16)4-8-2-3-13-5-8/h6-8,13H,2-5H2,1H3,(H,14,16)(H,17,18). The summed E-state index contributed by atoms with van der Waals surface area (Å²) in [6.07, 6.45) is 1.54. The monoisotopic (exact) mass is 283 g/mol. The van der Waals surface area contributed by atoms with Crippen LogP contribution < -0.4 is 10.6 Å². The van der Waals surface area contributed by atoms with E-state index in [2.05, 4.69) is 15.6 Å². The molecule has 1 saturated heterocycles. The smallest absolute Gasteiger partial charge is 0.355 e. The number of nitrogens with zero attached hydrogens (tertiary/aromatic N) is 1. The van der Waals surface area contributed by atoms with Crippen molar-refractivity contribution < 1.29 is 14.7 Å². The van der Waals surface area contributed by atoms with Crippen LogP contribution >= 0.6 is 11.3 Å². The van der Waals surface area contributed by atoms with E-state index in [1.54, 1.807) is 0 Å². The van der Waals surface area contributed by atoms with Crippen molar-refractivity contribution in [3.63, 3.8) is 0 Å². The van der Waals surface area contributed by atoms with Gasteiger partial charge in [0.05, 0.1) is 6.04 Å². The first-order valence-electron chi connectivity index (χ1n) is 6.25. The second-order valence-electron chi connectivity index (χ2n) is 4.73. The average Bonchev–Trinajstić information content (AvgIpc) is 2.98. The van der Waals surface area contributed by atoms with Crippen molar-refractivity contribution in [3.8, 4) is 0 Å². The van der Waals surface area contributed by atoms with Gasteiger partial charge in [-0.1, -0.05) is 0 Å². The lowest BCUT2D eigenvalue weighted by molar-refractivity contribution is -0.122. The van der Waals surface area contributed by atoms with Gasteiger partial charge in [-0.3, -0.25) is 4.79 Å². The van der Waals surface area contributed by atoms with Gasteiger partial charge in [-0.05, 0) is 32.4 Å². The Morgan fingerprint density at radius 2 is 2.47 bits per heavy atom. The van der Waals surface area contributed by atoms with Gasteiger partial charge in [-0.15, -0.1) is 11.3 Å². The molecule has 1 fully saturated rings. The molecule has 19 heavy (non-hydrogen) atoms. The summed E-state index contributed by atoms with van der Waals surface area (Å²) in [4.78, 5) is 26.6. The van der Waals surface area contributed by atoms with E-state index in [-0.39, 0.29) is 17.6 Å². The average molecular weight is 283 g/mol. The molecular formula is C12H17N3O3S. The highest BCUT2D eigenvalue weighted by atomic mass is 32.1. The van der Waals surface area contributed by atoms with Crippen molar-refractivity contribution in [2.75, 3.05) is 13.1 Å². The van der Waals surface area contributed by atoms with Gasteiger partial charge in [-0.25, -0.2) is 9.78 Å². The summed E-state index contributed by atoms with van der Waals surface area (Å²) < 4.78 is 0. The quantitative estimate of drug-likeness (QED) is 0.750. The number of carboxylic acid groups (broad SMARTS) is 1.